The molecule has 5 nitrogen and oxygen atoms in total. The number of hydrogen-bond acceptors (Lipinski definition) is 5. The van der Waals surface area contributed by atoms with E-state index in [1.54, 1.807) is 0 Å². The first-order valence-corrected chi connectivity index (χ1v) is 10.1. The number of aldehydes is 1. The molecule has 0 aliphatic carbocycles. The highest BCUT2D eigenvalue weighted by atomic mass is 16.5. The normalized spacial score (nSPS) is 19.9. The summed E-state index contributed by atoms with van der Waals surface area (Å²) < 4.78 is 5.64. The van der Waals surface area contributed by atoms with E-state index in [0.717, 1.165) is 54.9 Å². The second-order valence-corrected chi connectivity index (χ2v) is 7.96. The first kappa shape index (κ1) is 17.6. The Morgan fingerprint density at radius 1 is 1.15 bits per heavy atom. The van der Waals surface area contributed by atoms with Gasteiger partial charge in [0, 0.05) is 18.5 Å². The average molecular weight is 353 g/mol. The van der Waals surface area contributed by atoms with Crippen LogP contribution in [0.4, 0.5) is 5.69 Å². The predicted octanol–water partition coefficient (Wildman–Crippen LogP) is 2.82. The van der Waals surface area contributed by atoms with Crippen molar-refractivity contribution in [3.63, 3.8) is 0 Å². The molecule has 0 bridgehead atoms. The minimum Gasteiger partial charge on any atom is -0.371 e. The number of piperidine rings is 2. The molecule has 0 amide bonds. The van der Waals surface area contributed by atoms with Gasteiger partial charge in [-0.3, -0.25) is 4.79 Å². The van der Waals surface area contributed by atoms with E-state index >= 15 is 0 Å². The third-order valence-electron chi connectivity index (χ3n) is 6.17. The van der Waals surface area contributed by atoms with Crippen molar-refractivity contribution in [2.24, 2.45) is 5.92 Å². The van der Waals surface area contributed by atoms with Gasteiger partial charge in [0.15, 0.2) is 19.9 Å². The van der Waals surface area contributed by atoms with E-state index in [9.17, 15) is 4.79 Å². The minimum absolute atomic E-state index is 0.668. The number of fused-ring (bicyclic) bond motifs is 1. The van der Waals surface area contributed by atoms with Crippen LogP contribution < -0.4 is 4.90 Å². The minimum atomic E-state index is 0.668. The van der Waals surface area contributed by atoms with Crippen molar-refractivity contribution in [2.75, 3.05) is 31.1 Å². The van der Waals surface area contributed by atoms with Crippen molar-refractivity contribution in [1.82, 2.24) is 9.97 Å². The van der Waals surface area contributed by atoms with Gasteiger partial charge in [-0.25, -0.2) is 0 Å². The van der Waals surface area contributed by atoms with Crippen LogP contribution in [-0.2, 0) is 6.42 Å². The molecule has 1 aromatic carbocycles. The number of hydrogen-bond donors (Lipinski definition) is 0. The lowest BCUT2D eigenvalue weighted by Gasteiger charge is -2.29. The third-order valence-corrected chi connectivity index (χ3v) is 6.17. The molecule has 1 aromatic heterocycles. The lowest BCUT2D eigenvalue weighted by molar-refractivity contribution is 0.112. The number of carbonyl (C=O) groups is 1. The summed E-state index contributed by atoms with van der Waals surface area (Å²) in [6, 6.07) is 4.19. The van der Waals surface area contributed by atoms with E-state index in [0.29, 0.717) is 11.1 Å². The molecule has 3 heterocycles. The first-order chi connectivity index (χ1) is 12.8. The van der Waals surface area contributed by atoms with E-state index in [1.807, 2.05) is 0 Å². The number of rotatable bonds is 5. The molecule has 2 aliphatic heterocycles. The van der Waals surface area contributed by atoms with Gasteiger partial charge in [-0.2, -0.15) is 0 Å². The molecular formula is C20H28BN3O2. The van der Waals surface area contributed by atoms with Crippen molar-refractivity contribution in [3.05, 3.63) is 23.4 Å². The largest absolute Gasteiger partial charge is 0.371 e. The summed E-state index contributed by atoms with van der Waals surface area (Å²) in [6.07, 6.45) is 9.22. The summed E-state index contributed by atoms with van der Waals surface area (Å²) >= 11 is 0. The number of nitrogens with zero attached hydrogens (tertiary/aromatic N) is 3. The number of benzene rings is 1. The van der Waals surface area contributed by atoms with Gasteiger partial charge < -0.3 is 14.2 Å². The van der Waals surface area contributed by atoms with Gasteiger partial charge >= 0.3 is 0 Å². The maximum atomic E-state index is 11.8. The van der Waals surface area contributed by atoms with Crippen molar-refractivity contribution in [3.8, 4) is 0 Å². The van der Waals surface area contributed by atoms with Gasteiger partial charge in [0.05, 0.1) is 16.9 Å². The summed E-state index contributed by atoms with van der Waals surface area (Å²) in [7, 11) is 2.20. The highest BCUT2D eigenvalue weighted by Gasteiger charge is 2.22. The highest BCUT2D eigenvalue weighted by Crippen LogP contribution is 2.32. The van der Waals surface area contributed by atoms with Crippen LogP contribution in [0.25, 0.3) is 11.0 Å². The molecule has 2 fully saturated rings. The zero-order valence-corrected chi connectivity index (χ0v) is 15.7. The van der Waals surface area contributed by atoms with Crippen LogP contribution >= 0.6 is 0 Å². The van der Waals surface area contributed by atoms with Crippen LogP contribution in [-0.4, -0.2) is 50.4 Å². The Bertz CT molecular complexity index is 762. The Labute approximate surface area is 156 Å². The molecule has 0 unspecified atom stereocenters. The lowest BCUT2D eigenvalue weighted by atomic mass is 9.90. The monoisotopic (exact) mass is 353 g/mol. The fourth-order valence-electron chi connectivity index (χ4n) is 4.46. The Hall–Kier alpha value is -1.82. The van der Waals surface area contributed by atoms with E-state index in [1.165, 1.54) is 45.2 Å². The van der Waals surface area contributed by atoms with E-state index < -0.39 is 0 Å². The summed E-state index contributed by atoms with van der Waals surface area (Å²) in [6.45, 7) is 4.42. The summed E-state index contributed by atoms with van der Waals surface area (Å²) in [5.41, 5.74) is 3.35. The molecule has 26 heavy (non-hydrogen) atoms. The van der Waals surface area contributed by atoms with Gasteiger partial charge in [-0.15, -0.1) is 0 Å². The van der Waals surface area contributed by atoms with Crippen molar-refractivity contribution in [2.45, 2.75) is 44.9 Å². The molecule has 0 radical (unpaired) electrons. The molecule has 2 aromatic rings. The molecule has 138 valence electrons. The number of aryl methyl sites for hydroxylation is 1. The molecule has 0 N–H and O–H groups in total. The zero-order valence-electron chi connectivity index (χ0n) is 15.7. The van der Waals surface area contributed by atoms with E-state index in [4.69, 9.17) is 4.52 Å². The van der Waals surface area contributed by atoms with Gasteiger partial charge in [-0.05, 0) is 76.1 Å². The van der Waals surface area contributed by atoms with Gasteiger partial charge in [-0.1, -0.05) is 5.16 Å². The number of aromatic nitrogens is 1. The second kappa shape index (κ2) is 7.83. The summed E-state index contributed by atoms with van der Waals surface area (Å²) in [5, 5.41) is 5.34. The molecular weight excluding hydrogens is 325 g/mol. The van der Waals surface area contributed by atoms with Crippen LogP contribution in [0.15, 0.2) is 16.7 Å². The van der Waals surface area contributed by atoms with Crippen molar-refractivity contribution in [1.29, 1.82) is 0 Å². The Morgan fingerprint density at radius 2 is 1.92 bits per heavy atom. The molecule has 2 aliphatic rings. The third kappa shape index (κ3) is 3.52. The molecule has 0 atom stereocenters. The zero-order chi connectivity index (χ0) is 17.9. The molecule has 6 heteroatoms. The average Bonchev–Trinajstić information content (AvgIpc) is 3.10. The van der Waals surface area contributed by atoms with E-state index in [-0.39, 0.29) is 0 Å². The van der Waals surface area contributed by atoms with Crippen LogP contribution in [0.3, 0.4) is 0 Å². The first-order valence-electron chi connectivity index (χ1n) is 10.1. The van der Waals surface area contributed by atoms with Crippen LogP contribution in [0, 0.1) is 5.92 Å². The number of carbonyl (C=O) groups excluding carboxylic acids is 1. The highest BCUT2D eigenvalue weighted by molar-refractivity contribution is 6.04. The maximum Gasteiger partial charge on any atom is 0.185 e. The smallest absolute Gasteiger partial charge is 0.185 e. The quantitative estimate of drug-likeness (QED) is 0.611. The van der Waals surface area contributed by atoms with Gasteiger partial charge in [0.2, 0.25) is 0 Å². The van der Waals surface area contributed by atoms with Crippen LogP contribution in [0.5, 0.6) is 0 Å². The van der Waals surface area contributed by atoms with Gasteiger partial charge in [0.1, 0.15) is 0 Å². The molecule has 0 saturated carbocycles. The Balaban J connectivity index is 1.53. The second-order valence-electron chi connectivity index (χ2n) is 7.96. The fourth-order valence-corrected chi connectivity index (χ4v) is 4.46. The number of anilines is 1. The lowest BCUT2D eigenvalue weighted by Crippen LogP contribution is -2.31. The summed E-state index contributed by atoms with van der Waals surface area (Å²) in [4.78, 5) is 16.5. The Kier molecular flexibility index (Phi) is 5.29. The SMILES string of the molecule is BN1CCC(CCc2noc3c(C=O)c(N4CCCCC4)ccc23)CC1. The predicted molar refractivity (Wildman–Crippen MR) is 107 cm³/mol. The van der Waals surface area contributed by atoms with Crippen LogP contribution in [0.1, 0.15) is 54.6 Å². The fraction of sp³-hybridized carbons (Fsp3) is 0.600. The maximum absolute atomic E-state index is 11.8. The molecule has 0 spiro atoms. The summed E-state index contributed by atoms with van der Waals surface area (Å²) in [5.74, 6) is 0.774. The van der Waals surface area contributed by atoms with Gasteiger partial charge in [0.25, 0.3) is 0 Å². The van der Waals surface area contributed by atoms with Crippen LogP contribution in [0.2, 0.25) is 0 Å². The topological polar surface area (TPSA) is 49.6 Å². The van der Waals surface area contributed by atoms with Crippen molar-refractivity contribution < 1.29 is 9.32 Å². The van der Waals surface area contributed by atoms with E-state index in [2.05, 4.69) is 35.0 Å². The standard InChI is InChI=1S/C20H28BN3O2/c21-24-12-8-15(9-13-24)4-6-18-16-5-7-19(23-10-2-1-3-11-23)17(14-25)20(16)26-22-18/h5,7,14-15H,1-4,6,8-13,21H2. The molecule has 2 saturated heterocycles. The van der Waals surface area contributed by atoms with Crippen molar-refractivity contribution >= 4 is 30.9 Å². The Morgan fingerprint density at radius 3 is 2.65 bits per heavy atom. The molecule has 4 rings (SSSR count).